The van der Waals surface area contributed by atoms with E-state index in [4.69, 9.17) is 0 Å². The molecule has 162 valence electrons. The van der Waals surface area contributed by atoms with Gasteiger partial charge in [-0.1, -0.05) is 24.3 Å². The van der Waals surface area contributed by atoms with Crippen molar-refractivity contribution in [2.24, 2.45) is 0 Å². The zero-order valence-corrected chi connectivity index (χ0v) is 18.7. The fraction of sp³-hybridized carbons (Fsp3) is 0.350. The molecule has 30 heavy (non-hydrogen) atoms. The van der Waals surface area contributed by atoms with Crippen molar-refractivity contribution in [1.29, 1.82) is 0 Å². The van der Waals surface area contributed by atoms with Crippen LogP contribution in [0.1, 0.15) is 21.5 Å². The third-order valence-electron chi connectivity index (χ3n) is 5.07. The third-order valence-corrected chi connectivity index (χ3v) is 9.07. The van der Waals surface area contributed by atoms with Crippen molar-refractivity contribution in [2.45, 2.75) is 23.6 Å². The van der Waals surface area contributed by atoms with Crippen LogP contribution in [0.5, 0.6) is 0 Å². The fourth-order valence-electron chi connectivity index (χ4n) is 3.38. The lowest BCUT2D eigenvalue weighted by Crippen LogP contribution is -2.50. The topological polar surface area (TPSA) is 101 Å². The van der Waals surface area contributed by atoms with Crippen LogP contribution in [-0.2, 0) is 24.8 Å². The average molecular weight is 453 g/mol. The van der Waals surface area contributed by atoms with E-state index >= 15 is 0 Å². The predicted octanol–water partition coefficient (Wildman–Crippen LogP) is 1.79. The van der Waals surface area contributed by atoms with E-state index in [-0.39, 0.29) is 41.5 Å². The molecule has 8 nitrogen and oxygen atoms in total. The highest BCUT2D eigenvalue weighted by Crippen LogP contribution is 2.26. The molecule has 1 fully saturated rings. The highest BCUT2D eigenvalue weighted by Gasteiger charge is 2.35. The molecular formula is C20H24N2O6S2. The van der Waals surface area contributed by atoms with Gasteiger partial charge in [-0.3, -0.25) is 0 Å². The second-order valence-electron chi connectivity index (χ2n) is 7.06. The molecule has 0 spiro atoms. The molecule has 2 aromatic carbocycles. The van der Waals surface area contributed by atoms with E-state index in [1.165, 1.54) is 33.9 Å². The van der Waals surface area contributed by atoms with E-state index in [2.05, 4.69) is 4.74 Å². The van der Waals surface area contributed by atoms with E-state index in [0.717, 1.165) is 5.56 Å². The van der Waals surface area contributed by atoms with Gasteiger partial charge in [0.05, 0.1) is 22.5 Å². The standard InChI is InChI=1S/C20H24N2O6S2/c1-15-8-9-16(2)19(14-15)30(26,27)22-12-10-21(11-13-22)29(24,25)18-7-5-4-6-17(18)20(23)28-3/h4-9,14H,10-13H2,1-3H3. The number of benzene rings is 2. The lowest BCUT2D eigenvalue weighted by atomic mass is 10.2. The minimum atomic E-state index is -3.99. The number of nitrogens with zero attached hydrogens (tertiary/aromatic N) is 2. The maximum absolute atomic E-state index is 13.1. The zero-order valence-electron chi connectivity index (χ0n) is 17.0. The highest BCUT2D eigenvalue weighted by molar-refractivity contribution is 7.89. The normalized spacial score (nSPS) is 16.4. The molecule has 0 aliphatic carbocycles. The van der Waals surface area contributed by atoms with Crippen LogP contribution >= 0.6 is 0 Å². The van der Waals surface area contributed by atoms with Gasteiger partial charge in [-0.2, -0.15) is 8.61 Å². The number of sulfonamides is 2. The van der Waals surface area contributed by atoms with Crippen molar-refractivity contribution < 1.29 is 26.4 Å². The first-order chi connectivity index (χ1) is 14.1. The van der Waals surface area contributed by atoms with Gasteiger partial charge < -0.3 is 4.74 Å². The molecule has 3 rings (SSSR count). The summed E-state index contributed by atoms with van der Waals surface area (Å²) >= 11 is 0. The summed E-state index contributed by atoms with van der Waals surface area (Å²) in [5.74, 6) is -0.745. The quantitative estimate of drug-likeness (QED) is 0.641. The van der Waals surface area contributed by atoms with E-state index in [1.54, 1.807) is 25.1 Å². The van der Waals surface area contributed by atoms with Crippen molar-refractivity contribution in [2.75, 3.05) is 33.3 Å². The number of carbonyl (C=O) groups excluding carboxylic acids is 1. The molecule has 0 saturated carbocycles. The monoisotopic (exact) mass is 452 g/mol. The number of piperazine rings is 1. The summed E-state index contributed by atoms with van der Waals surface area (Å²) in [7, 11) is -6.54. The number of ether oxygens (including phenoxy) is 1. The Morgan fingerprint density at radius 1 is 0.833 bits per heavy atom. The summed E-state index contributed by atoms with van der Waals surface area (Å²) in [6.45, 7) is 3.58. The molecule has 1 aliphatic rings. The molecule has 0 unspecified atom stereocenters. The van der Waals surface area contributed by atoms with E-state index in [1.807, 2.05) is 13.0 Å². The average Bonchev–Trinajstić information content (AvgIpc) is 2.74. The van der Waals surface area contributed by atoms with Crippen LogP contribution in [0.3, 0.4) is 0 Å². The van der Waals surface area contributed by atoms with Crippen LogP contribution in [-0.4, -0.2) is 64.7 Å². The third kappa shape index (κ3) is 4.13. The van der Waals surface area contributed by atoms with Crippen molar-refractivity contribution in [3.63, 3.8) is 0 Å². The molecule has 0 N–H and O–H groups in total. The molecule has 1 heterocycles. The molecule has 0 aromatic heterocycles. The lowest BCUT2D eigenvalue weighted by Gasteiger charge is -2.33. The zero-order chi connectivity index (χ0) is 22.1. The van der Waals surface area contributed by atoms with E-state index in [9.17, 15) is 21.6 Å². The largest absolute Gasteiger partial charge is 0.465 e. The second-order valence-corrected chi connectivity index (χ2v) is 10.9. The Hall–Kier alpha value is -2.27. The summed E-state index contributed by atoms with van der Waals surface area (Å²) in [5.41, 5.74) is 1.42. The van der Waals surface area contributed by atoms with Crippen LogP contribution in [0.25, 0.3) is 0 Å². The SMILES string of the molecule is COC(=O)c1ccccc1S(=O)(=O)N1CCN(S(=O)(=O)c2cc(C)ccc2C)CC1. The van der Waals surface area contributed by atoms with E-state index < -0.39 is 26.0 Å². The Balaban J connectivity index is 1.84. The Labute approximate surface area is 177 Å². The van der Waals surface area contributed by atoms with Gasteiger partial charge in [0.15, 0.2) is 0 Å². The molecule has 1 saturated heterocycles. The van der Waals surface area contributed by atoms with Gasteiger partial charge >= 0.3 is 5.97 Å². The summed E-state index contributed by atoms with van der Waals surface area (Å²) in [6.07, 6.45) is 0. The Morgan fingerprint density at radius 2 is 1.37 bits per heavy atom. The smallest absolute Gasteiger partial charge is 0.339 e. The number of rotatable bonds is 5. The van der Waals surface area contributed by atoms with Crippen LogP contribution in [0.2, 0.25) is 0 Å². The molecule has 0 amide bonds. The van der Waals surface area contributed by atoms with Crippen LogP contribution in [0, 0.1) is 13.8 Å². The van der Waals surface area contributed by atoms with Gasteiger partial charge in [-0.05, 0) is 43.2 Å². The number of esters is 1. The van der Waals surface area contributed by atoms with Crippen LogP contribution in [0.15, 0.2) is 52.3 Å². The number of hydrogen-bond donors (Lipinski definition) is 0. The minimum absolute atomic E-state index is 0.0120. The maximum atomic E-state index is 13.1. The number of carbonyl (C=O) groups is 1. The maximum Gasteiger partial charge on any atom is 0.339 e. The molecule has 2 aromatic rings. The van der Waals surface area contributed by atoms with Gasteiger partial charge in [0.1, 0.15) is 0 Å². The molecule has 0 bridgehead atoms. The van der Waals surface area contributed by atoms with Crippen LogP contribution < -0.4 is 0 Å². The summed E-state index contributed by atoms with van der Waals surface area (Å²) in [4.78, 5) is 12.1. The van der Waals surface area contributed by atoms with Gasteiger partial charge in [0.25, 0.3) is 0 Å². The first-order valence-corrected chi connectivity index (χ1v) is 12.2. The summed E-state index contributed by atoms with van der Waals surface area (Å²) in [6, 6.07) is 11.0. The second kappa shape index (κ2) is 8.46. The molecular weight excluding hydrogens is 428 g/mol. The van der Waals surface area contributed by atoms with Crippen molar-refractivity contribution in [3.05, 3.63) is 59.2 Å². The van der Waals surface area contributed by atoms with Gasteiger partial charge in [0, 0.05) is 26.2 Å². The number of methoxy groups -OCH3 is 1. The van der Waals surface area contributed by atoms with Gasteiger partial charge in [-0.15, -0.1) is 0 Å². The molecule has 1 aliphatic heterocycles. The summed E-state index contributed by atoms with van der Waals surface area (Å²) in [5, 5.41) is 0. The van der Waals surface area contributed by atoms with E-state index in [0.29, 0.717) is 5.56 Å². The first kappa shape index (κ1) is 22.4. The minimum Gasteiger partial charge on any atom is -0.465 e. The molecule has 0 radical (unpaired) electrons. The van der Waals surface area contributed by atoms with Crippen molar-refractivity contribution in [1.82, 2.24) is 8.61 Å². The summed E-state index contributed by atoms with van der Waals surface area (Å²) < 4.78 is 59.5. The molecule has 10 heteroatoms. The Morgan fingerprint density at radius 3 is 1.93 bits per heavy atom. The van der Waals surface area contributed by atoms with Gasteiger partial charge in [0.2, 0.25) is 20.0 Å². The number of hydrogen-bond acceptors (Lipinski definition) is 6. The Kier molecular flexibility index (Phi) is 6.32. The van der Waals surface area contributed by atoms with Crippen molar-refractivity contribution >= 4 is 26.0 Å². The van der Waals surface area contributed by atoms with Crippen LogP contribution in [0.4, 0.5) is 0 Å². The Bertz CT molecular complexity index is 1170. The highest BCUT2D eigenvalue weighted by atomic mass is 32.2. The van der Waals surface area contributed by atoms with Gasteiger partial charge in [-0.25, -0.2) is 21.6 Å². The van der Waals surface area contributed by atoms with Crippen molar-refractivity contribution in [3.8, 4) is 0 Å². The first-order valence-electron chi connectivity index (χ1n) is 9.34. The predicted molar refractivity (Wildman–Crippen MR) is 111 cm³/mol. The number of aryl methyl sites for hydroxylation is 2. The molecule has 0 atom stereocenters. The fourth-order valence-corrected chi connectivity index (χ4v) is 6.72. The lowest BCUT2D eigenvalue weighted by molar-refractivity contribution is 0.0596.